The molecular weight excluding hydrogens is 310 g/mol. The molecule has 0 saturated carbocycles. The van der Waals surface area contributed by atoms with Gasteiger partial charge in [0.1, 0.15) is 0 Å². The molecule has 20 heavy (non-hydrogen) atoms. The molecule has 0 aromatic rings. The van der Waals surface area contributed by atoms with Crippen LogP contribution in [-0.2, 0) is 0 Å². The van der Waals surface area contributed by atoms with Gasteiger partial charge in [-0.25, -0.2) is 26.3 Å². The molecule has 0 aliphatic rings. The molecule has 0 saturated heterocycles. The molecule has 0 aliphatic heterocycles. The first-order valence-electron chi connectivity index (χ1n) is 5.14. The summed E-state index contributed by atoms with van der Waals surface area (Å²) in [5.41, 5.74) is -10.5. The predicted octanol–water partition coefficient (Wildman–Crippen LogP) is 5.02. The van der Waals surface area contributed by atoms with Crippen molar-refractivity contribution in [1.29, 1.82) is 0 Å². The SMILES string of the molecule is CC(F)(F)C(C)(F)C(F)(F)C(F)(F)C(C)(F)C(C)(F)F. The largest absolute Gasteiger partial charge is 0.352 e. The van der Waals surface area contributed by atoms with Crippen molar-refractivity contribution >= 4 is 0 Å². The fourth-order valence-corrected chi connectivity index (χ4v) is 1.14. The van der Waals surface area contributed by atoms with Gasteiger partial charge in [-0.3, -0.25) is 0 Å². The second-order valence-electron chi connectivity index (χ2n) is 4.93. The quantitative estimate of drug-likeness (QED) is 0.623. The van der Waals surface area contributed by atoms with Gasteiger partial charge < -0.3 is 0 Å². The van der Waals surface area contributed by atoms with Gasteiger partial charge in [0.25, 0.3) is 11.8 Å². The molecule has 122 valence electrons. The molecule has 0 aromatic heterocycles. The molecule has 0 bridgehead atoms. The minimum atomic E-state index is -6.39. The standard InChI is InChI=1S/C10H12F10/c1-5(11,7(3,13)14)9(17,18)10(19,20)6(2,12)8(4,15)16/h1-4H3. The highest BCUT2D eigenvalue weighted by Gasteiger charge is 2.83. The number of halogens is 10. The Hall–Kier alpha value is -0.700. The van der Waals surface area contributed by atoms with Gasteiger partial charge in [-0.05, 0) is 13.8 Å². The zero-order valence-electron chi connectivity index (χ0n) is 10.8. The predicted molar refractivity (Wildman–Crippen MR) is 50.2 cm³/mol. The van der Waals surface area contributed by atoms with Crippen molar-refractivity contribution in [2.24, 2.45) is 0 Å². The molecule has 0 amide bonds. The van der Waals surface area contributed by atoms with Gasteiger partial charge >= 0.3 is 11.8 Å². The smallest absolute Gasteiger partial charge is 0.231 e. The molecule has 2 atom stereocenters. The molecule has 0 aliphatic carbocycles. The summed E-state index contributed by atoms with van der Waals surface area (Å²) in [6.07, 6.45) is 0. The Labute approximate surface area is 108 Å². The monoisotopic (exact) mass is 322 g/mol. The first-order chi connectivity index (χ1) is 8.25. The average Bonchev–Trinajstić information content (AvgIpc) is 2.12. The van der Waals surface area contributed by atoms with E-state index in [0.29, 0.717) is 0 Å². The molecule has 10 heteroatoms. The van der Waals surface area contributed by atoms with Crippen LogP contribution in [0.4, 0.5) is 43.9 Å². The van der Waals surface area contributed by atoms with E-state index < -0.39 is 62.7 Å². The van der Waals surface area contributed by atoms with E-state index in [9.17, 15) is 43.9 Å². The molecule has 0 radical (unpaired) electrons. The maximum Gasteiger partial charge on any atom is 0.352 e. The third-order valence-corrected chi connectivity index (χ3v) is 3.22. The summed E-state index contributed by atoms with van der Waals surface area (Å²) < 4.78 is 131. The fourth-order valence-electron chi connectivity index (χ4n) is 1.14. The molecule has 0 spiro atoms. The van der Waals surface area contributed by atoms with Crippen LogP contribution in [0.1, 0.15) is 27.7 Å². The Morgan fingerprint density at radius 1 is 0.400 bits per heavy atom. The molecule has 0 heterocycles. The van der Waals surface area contributed by atoms with Gasteiger partial charge in [0, 0.05) is 13.8 Å². The highest BCUT2D eigenvalue weighted by atomic mass is 19.3. The summed E-state index contributed by atoms with van der Waals surface area (Å²) in [5, 5.41) is 0. The van der Waals surface area contributed by atoms with Gasteiger partial charge in [-0.2, -0.15) is 17.6 Å². The highest BCUT2D eigenvalue weighted by Crippen LogP contribution is 2.58. The van der Waals surface area contributed by atoms with Gasteiger partial charge in [0.15, 0.2) is 0 Å². The van der Waals surface area contributed by atoms with Crippen LogP contribution in [0.25, 0.3) is 0 Å². The van der Waals surface area contributed by atoms with Crippen LogP contribution in [0.3, 0.4) is 0 Å². The number of rotatable bonds is 5. The summed E-state index contributed by atoms with van der Waals surface area (Å²) in [7, 11) is 0. The van der Waals surface area contributed by atoms with Crippen LogP contribution in [0.5, 0.6) is 0 Å². The number of alkyl halides is 10. The Kier molecular flexibility index (Phi) is 4.24. The summed E-state index contributed by atoms with van der Waals surface area (Å²) in [4.78, 5) is 0. The van der Waals surface area contributed by atoms with E-state index in [1.807, 2.05) is 0 Å². The van der Waals surface area contributed by atoms with Crippen molar-refractivity contribution in [3.63, 3.8) is 0 Å². The Morgan fingerprint density at radius 3 is 0.650 bits per heavy atom. The first-order valence-corrected chi connectivity index (χ1v) is 5.14. The van der Waals surface area contributed by atoms with Crippen LogP contribution in [0.15, 0.2) is 0 Å². The van der Waals surface area contributed by atoms with Gasteiger partial charge in [-0.1, -0.05) is 0 Å². The lowest BCUT2D eigenvalue weighted by molar-refractivity contribution is -0.365. The van der Waals surface area contributed by atoms with Gasteiger partial charge in [0.05, 0.1) is 0 Å². The van der Waals surface area contributed by atoms with Crippen LogP contribution >= 0.6 is 0 Å². The summed E-state index contributed by atoms with van der Waals surface area (Å²) in [6, 6.07) is 0. The minimum absolute atomic E-state index is 0.448. The average molecular weight is 322 g/mol. The van der Waals surface area contributed by atoms with Crippen LogP contribution < -0.4 is 0 Å². The van der Waals surface area contributed by atoms with Gasteiger partial charge in [0.2, 0.25) is 11.3 Å². The van der Waals surface area contributed by atoms with Gasteiger partial charge in [-0.15, -0.1) is 0 Å². The van der Waals surface area contributed by atoms with E-state index in [1.54, 1.807) is 0 Å². The second kappa shape index (κ2) is 4.40. The lowest BCUT2D eigenvalue weighted by atomic mass is 9.80. The van der Waals surface area contributed by atoms with Crippen molar-refractivity contribution in [3.05, 3.63) is 0 Å². The summed E-state index contributed by atoms with van der Waals surface area (Å²) in [6.45, 7) is -2.11. The van der Waals surface area contributed by atoms with Crippen LogP contribution in [0, 0.1) is 0 Å². The highest BCUT2D eigenvalue weighted by molar-refractivity contribution is 5.14. The lowest BCUT2D eigenvalue weighted by Gasteiger charge is -2.44. The molecule has 0 aromatic carbocycles. The van der Waals surface area contributed by atoms with Crippen molar-refractivity contribution in [2.45, 2.75) is 62.7 Å². The van der Waals surface area contributed by atoms with Crippen LogP contribution in [-0.4, -0.2) is 35.0 Å². The second-order valence-corrected chi connectivity index (χ2v) is 4.93. The van der Waals surface area contributed by atoms with Crippen molar-refractivity contribution in [1.82, 2.24) is 0 Å². The van der Waals surface area contributed by atoms with Crippen molar-refractivity contribution in [2.75, 3.05) is 0 Å². The first kappa shape index (κ1) is 19.3. The zero-order chi connectivity index (χ0) is 17.0. The third kappa shape index (κ3) is 2.34. The summed E-state index contributed by atoms with van der Waals surface area (Å²) in [5.74, 6) is -22.8. The fraction of sp³-hybridized carbons (Fsp3) is 1.00. The van der Waals surface area contributed by atoms with E-state index in [-0.39, 0.29) is 0 Å². The van der Waals surface area contributed by atoms with E-state index in [0.717, 1.165) is 0 Å². The van der Waals surface area contributed by atoms with E-state index in [2.05, 4.69) is 0 Å². The van der Waals surface area contributed by atoms with E-state index in [1.165, 1.54) is 0 Å². The lowest BCUT2D eigenvalue weighted by Crippen LogP contribution is -2.70. The number of hydrogen-bond acceptors (Lipinski definition) is 0. The van der Waals surface area contributed by atoms with Crippen molar-refractivity contribution in [3.8, 4) is 0 Å². The Morgan fingerprint density at radius 2 is 0.550 bits per heavy atom. The van der Waals surface area contributed by atoms with E-state index in [4.69, 9.17) is 0 Å². The van der Waals surface area contributed by atoms with E-state index >= 15 is 0 Å². The molecular formula is C10H12F10. The van der Waals surface area contributed by atoms with Crippen LogP contribution in [0.2, 0.25) is 0 Å². The summed E-state index contributed by atoms with van der Waals surface area (Å²) >= 11 is 0. The maximum atomic E-state index is 13.4. The normalized spacial score (nSPS) is 21.3. The Balaban J connectivity index is 6.08. The molecule has 0 fully saturated rings. The zero-order valence-corrected chi connectivity index (χ0v) is 10.8. The molecule has 2 unspecified atom stereocenters. The molecule has 0 rings (SSSR count). The molecule has 0 N–H and O–H groups in total. The minimum Gasteiger partial charge on any atom is -0.231 e. The third-order valence-electron chi connectivity index (χ3n) is 3.22. The topological polar surface area (TPSA) is 0 Å². The maximum absolute atomic E-state index is 13.4. The number of hydrogen-bond donors (Lipinski definition) is 0. The van der Waals surface area contributed by atoms with Crippen molar-refractivity contribution < 1.29 is 43.9 Å². The Bertz CT molecular complexity index is 321. The molecule has 0 nitrogen and oxygen atoms in total.